The number of halogens is 1. The predicted molar refractivity (Wildman–Crippen MR) is 122 cm³/mol. The van der Waals surface area contributed by atoms with Crippen molar-refractivity contribution in [2.24, 2.45) is 0 Å². The number of ether oxygens (including phenoxy) is 1. The third kappa shape index (κ3) is 4.31. The van der Waals surface area contributed by atoms with Gasteiger partial charge in [0.25, 0.3) is 5.91 Å². The Kier molecular flexibility index (Phi) is 6.00. The normalized spacial score (nSPS) is 11.8. The number of aromatic hydroxyl groups is 1. The van der Waals surface area contributed by atoms with Crippen molar-refractivity contribution in [1.29, 1.82) is 0 Å². The van der Waals surface area contributed by atoms with E-state index in [0.29, 0.717) is 11.3 Å². The zero-order valence-corrected chi connectivity index (χ0v) is 17.7. The molecule has 4 rings (SSSR count). The second-order valence-corrected chi connectivity index (χ2v) is 7.70. The molecule has 0 saturated heterocycles. The van der Waals surface area contributed by atoms with E-state index < -0.39 is 6.04 Å². The van der Waals surface area contributed by atoms with Crippen molar-refractivity contribution in [1.82, 2.24) is 5.32 Å². The fraction of sp³-hybridized carbons (Fsp3) is 0.0800. The lowest BCUT2D eigenvalue weighted by Gasteiger charge is -2.23. The van der Waals surface area contributed by atoms with Gasteiger partial charge in [0.05, 0.1) is 10.5 Å². The van der Waals surface area contributed by atoms with Crippen LogP contribution < -0.4 is 10.1 Å². The van der Waals surface area contributed by atoms with Gasteiger partial charge in [0.15, 0.2) is 6.61 Å². The van der Waals surface area contributed by atoms with Crippen molar-refractivity contribution < 1.29 is 14.6 Å². The van der Waals surface area contributed by atoms with Crippen LogP contribution in [0.25, 0.3) is 10.8 Å². The van der Waals surface area contributed by atoms with E-state index in [0.717, 1.165) is 20.8 Å². The van der Waals surface area contributed by atoms with Gasteiger partial charge >= 0.3 is 0 Å². The molecule has 4 nitrogen and oxygen atoms in total. The van der Waals surface area contributed by atoms with Gasteiger partial charge in [0, 0.05) is 5.56 Å². The van der Waals surface area contributed by atoms with Crippen LogP contribution in [-0.4, -0.2) is 17.6 Å². The van der Waals surface area contributed by atoms with E-state index in [-0.39, 0.29) is 18.3 Å². The standard InChI is InChI=1S/C25H20BrNO3/c26-20-12-6-7-13-22(20)30-16-23(29)27-25(18-9-2-1-3-10-18)24-19-11-5-4-8-17(19)14-15-21(24)28/h1-15,25,28H,16H2,(H,27,29). The summed E-state index contributed by atoms with van der Waals surface area (Å²) >= 11 is 3.42. The van der Waals surface area contributed by atoms with Crippen LogP contribution in [0.1, 0.15) is 17.2 Å². The Morgan fingerprint density at radius 3 is 2.40 bits per heavy atom. The van der Waals surface area contributed by atoms with Crippen LogP contribution in [0.2, 0.25) is 0 Å². The van der Waals surface area contributed by atoms with E-state index in [1.54, 1.807) is 12.1 Å². The Labute approximate surface area is 183 Å². The summed E-state index contributed by atoms with van der Waals surface area (Å²) < 4.78 is 6.45. The van der Waals surface area contributed by atoms with Crippen molar-refractivity contribution in [3.8, 4) is 11.5 Å². The highest BCUT2D eigenvalue weighted by Gasteiger charge is 2.22. The number of phenols is 1. The van der Waals surface area contributed by atoms with Crippen LogP contribution in [0.15, 0.2) is 95.5 Å². The zero-order valence-electron chi connectivity index (χ0n) is 16.1. The van der Waals surface area contributed by atoms with E-state index in [1.165, 1.54) is 0 Å². The number of benzene rings is 4. The number of carbonyl (C=O) groups is 1. The maximum atomic E-state index is 12.8. The highest BCUT2D eigenvalue weighted by Crippen LogP contribution is 2.35. The van der Waals surface area contributed by atoms with Gasteiger partial charge in [0.1, 0.15) is 11.5 Å². The van der Waals surface area contributed by atoms with Crippen LogP contribution in [0.5, 0.6) is 11.5 Å². The van der Waals surface area contributed by atoms with Crippen LogP contribution in [0, 0.1) is 0 Å². The zero-order chi connectivity index (χ0) is 20.9. The van der Waals surface area contributed by atoms with Gasteiger partial charge in [-0.2, -0.15) is 0 Å². The van der Waals surface area contributed by atoms with E-state index >= 15 is 0 Å². The molecule has 0 spiro atoms. The minimum Gasteiger partial charge on any atom is -0.508 e. The summed E-state index contributed by atoms with van der Waals surface area (Å²) in [4.78, 5) is 12.8. The smallest absolute Gasteiger partial charge is 0.258 e. The summed E-state index contributed by atoms with van der Waals surface area (Å²) in [6.07, 6.45) is 0. The number of hydrogen-bond acceptors (Lipinski definition) is 3. The molecule has 0 aliphatic rings. The minimum atomic E-state index is -0.521. The van der Waals surface area contributed by atoms with E-state index in [2.05, 4.69) is 21.2 Å². The Morgan fingerprint density at radius 2 is 1.60 bits per heavy atom. The predicted octanol–water partition coefficient (Wildman–Crippen LogP) is 5.59. The molecule has 0 saturated carbocycles. The molecule has 5 heteroatoms. The first-order valence-corrected chi connectivity index (χ1v) is 10.3. The van der Waals surface area contributed by atoms with Crippen molar-refractivity contribution in [2.75, 3.05) is 6.61 Å². The van der Waals surface area contributed by atoms with Crippen molar-refractivity contribution in [3.63, 3.8) is 0 Å². The SMILES string of the molecule is O=C(COc1ccccc1Br)NC(c1ccccc1)c1c(O)ccc2ccccc12. The topological polar surface area (TPSA) is 58.6 Å². The molecule has 0 aliphatic carbocycles. The number of phenolic OH excluding ortho intramolecular Hbond substituents is 1. The average molecular weight is 462 g/mol. The van der Waals surface area contributed by atoms with Crippen molar-refractivity contribution in [3.05, 3.63) is 107 Å². The van der Waals surface area contributed by atoms with Crippen LogP contribution in [0.4, 0.5) is 0 Å². The molecule has 30 heavy (non-hydrogen) atoms. The van der Waals surface area contributed by atoms with Crippen molar-refractivity contribution in [2.45, 2.75) is 6.04 Å². The summed E-state index contributed by atoms with van der Waals surface area (Å²) in [5.74, 6) is 0.443. The van der Waals surface area contributed by atoms with E-state index in [4.69, 9.17) is 4.74 Å². The average Bonchev–Trinajstić information content (AvgIpc) is 2.78. The molecule has 4 aromatic rings. The Balaban J connectivity index is 1.66. The lowest BCUT2D eigenvalue weighted by Crippen LogP contribution is -2.33. The molecule has 0 heterocycles. The first-order chi connectivity index (χ1) is 14.6. The number of rotatable bonds is 6. The highest BCUT2D eigenvalue weighted by atomic mass is 79.9. The molecule has 1 amide bonds. The molecule has 150 valence electrons. The van der Waals surface area contributed by atoms with Gasteiger partial charge in [0.2, 0.25) is 0 Å². The monoisotopic (exact) mass is 461 g/mol. The molecule has 0 fully saturated rings. The molecular weight excluding hydrogens is 442 g/mol. The highest BCUT2D eigenvalue weighted by molar-refractivity contribution is 9.10. The summed E-state index contributed by atoms with van der Waals surface area (Å²) in [5.41, 5.74) is 1.53. The van der Waals surface area contributed by atoms with Crippen molar-refractivity contribution >= 4 is 32.6 Å². The number of amides is 1. The molecule has 0 aliphatic heterocycles. The largest absolute Gasteiger partial charge is 0.508 e. The lowest BCUT2D eigenvalue weighted by molar-refractivity contribution is -0.123. The fourth-order valence-corrected chi connectivity index (χ4v) is 3.86. The van der Waals surface area contributed by atoms with Gasteiger partial charge in [-0.25, -0.2) is 0 Å². The number of nitrogens with one attached hydrogen (secondary N) is 1. The lowest BCUT2D eigenvalue weighted by atomic mass is 9.92. The molecule has 1 unspecified atom stereocenters. The van der Waals surface area contributed by atoms with Gasteiger partial charge < -0.3 is 15.2 Å². The Bertz CT molecular complexity index is 1180. The number of fused-ring (bicyclic) bond motifs is 1. The summed E-state index contributed by atoms with van der Waals surface area (Å²) in [6.45, 7) is -0.141. The number of para-hydroxylation sites is 1. The van der Waals surface area contributed by atoms with Gasteiger partial charge in [-0.15, -0.1) is 0 Å². The Hall–Kier alpha value is -3.31. The molecule has 1 atom stereocenters. The first kappa shape index (κ1) is 20.0. The summed E-state index contributed by atoms with van der Waals surface area (Å²) in [7, 11) is 0. The quantitative estimate of drug-likeness (QED) is 0.393. The molecule has 4 aromatic carbocycles. The van der Waals surface area contributed by atoms with Crippen LogP contribution >= 0.6 is 15.9 Å². The van der Waals surface area contributed by atoms with Crippen LogP contribution in [0.3, 0.4) is 0 Å². The summed E-state index contributed by atoms with van der Waals surface area (Å²) in [5, 5.41) is 15.6. The third-order valence-corrected chi connectivity index (χ3v) is 5.53. The van der Waals surface area contributed by atoms with E-state index in [9.17, 15) is 9.90 Å². The minimum absolute atomic E-state index is 0.134. The maximum Gasteiger partial charge on any atom is 0.258 e. The van der Waals surface area contributed by atoms with Gasteiger partial charge in [-0.05, 0) is 50.5 Å². The molecular formula is C25H20BrNO3. The second kappa shape index (κ2) is 9.01. The summed E-state index contributed by atoms with van der Waals surface area (Å²) in [6, 6.07) is 27.8. The Morgan fingerprint density at radius 1 is 0.900 bits per heavy atom. The second-order valence-electron chi connectivity index (χ2n) is 6.85. The van der Waals surface area contributed by atoms with E-state index in [1.807, 2.05) is 78.9 Å². The molecule has 2 N–H and O–H groups in total. The fourth-order valence-electron chi connectivity index (χ4n) is 3.46. The van der Waals surface area contributed by atoms with Crippen LogP contribution in [-0.2, 0) is 4.79 Å². The molecule has 0 bridgehead atoms. The van der Waals surface area contributed by atoms with Gasteiger partial charge in [-0.1, -0.05) is 72.8 Å². The maximum absolute atomic E-state index is 12.8. The first-order valence-electron chi connectivity index (χ1n) is 9.56. The number of carbonyl (C=O) groups excluding carboxylic acids is 1. The third-order valence-electron chi connectivity index (χ3n) is 4.87. The van der Waals surface area contributed by atoms with Gasteiger partial charge in [-0.3, -0.25) is 4.79 Å². The molecule has 0 radical (unpaired) electrons. The molecule has 0 aromatic heterocycles. The number of hydrogen-bond donors (Lipinski definition) is 2.